The molecule has 0 aromatic heterocycles. The lowest BCUT2D eigenvalue weighted by Crippen LogP contribution is -2.53. The molecule has 4 rings (SSSR count). The molecule has 21 heavy (non-hydrogen) atoms. The van der Waals surface area contributed by atoms with E-state index < -0.39 is 0 Å². The van der Waals surface area contributed by atoms with Crippen LogP contribution in [0.25, 0.3) is 0 Å². The van der Waals surface area contributed by atoms with Gasteiger partial charge in [0, 0.05) is 12.8 Å². The van der Waals surface area contributed by atoms with E-state index in [1.54, 1.807) is 5.57 Å². The van der Waals surface area contributed by atoms with Crippen LogP contribution in [0.2, 0.25) is 0 Å². The molecule has 0 bridgehead atoms. The lowest BCUT2D eigenvalue weighted by molar-refractivity contribution is -0.137. The number of Topliss-reactive ketones (excluding diaryl/α,β-unsaturated/α-hetero) is 1. The maximum atomic E-state index is 11.9. The van der Waals surface area contributed by atoms with Crippen molar-refractivity contribution in [2.45, 2.75) is 72.1 Å². The van der Waals surface area contributed by atoms with Crippen LogP contribution in [-0.2, 0) is 4.79 Å². The van der Waals surface area contributed by atoms with Crippen LogP contribution in [0.5, 0.6) is 0 Å². The van der Waals surface area contributed by atoms with Gasteiger partial charge in [-0.15, -0.1) is 0 Å². The second kappa shape index (κ2) is 4.46. The Hall–Kier alpha value is -0.590. The zero-order chi connectivity index (χ0) is 14.8. The summed E-state index contributed by atoms with van der Waals surface area (Å²) in [6.45, 7) is 7.44. The molecule has 0 amide bonds. The van der Waals surface area contributed by atoms with Crippen LogP contribution in [0.1, 0.15) is 72.1 Å². The molecule has 0 spiro atoms. The molecular weight excluding hydrogens is 256 g/mol. The summed E-state index contributed by atoms with van der Waals surface area (Å²) >= 11 is 0. The highest BCUT2D eigenvalue weighted by Gasteiger charge is 2.57. The Kier molecular flexibility index (Phi) is 2.98. The van der Waals surface area contributed by atoms with E-state index in [0.29, 0.717) is 22.5 Å². The van der Waals surface area contributed by atoms with Crippen LogP contribution in [0.3, 0.4) is 0 Å². The van der Waals surface area contributed by atoms with Crippen molar-refractivity contribution in [1.82, 2.24) is 0 Å². The lowest BCUT2D eigenvalue weighted by Gasteiger charge is -2.60. The maximum absolute atomic E-state index is 11.9. The third kappa shape index (κ3) is 1.79. The van der Waals surface area contributed by atoms with Crippen LogP contribution >= 0.6 is 0 Å². The van der Waals surface area contributed by atoms with Crippen LogP contribution in [-0.4, -0.2) is 5.78 Å². The van der Waals surface area contributed by atoms with E-state index in [-0.39, 0.29) is 0 Å². The number of hydrogen-bond acceptors (Lipinski definition) is 1. The summed E-state index contributed by atoms with van der Waals surface area (Å²) in [6, 6.07) is 0. The van der Waals surface area contributed by atoms with E-state index in [0.717, 1.165) is 30.6 Å². The number of rotatable bonds is 0. The number of hydrogen-bond donors (Lipinski definition) is 0. The molecule has 4 aliphatic carbocycles. The molecule has 0 aromatic rings. The average molecular weight is 286 g/mol. The Bertz CT molecular complexity index is 504. The third-order valence-corrected chi connectivity index (χ3v) is 8.45. The SMILES string of the molecule is CC1=CC[C@@H]2[C@H]3CC[C@H]4CC(=O)CC[C@]4(C)[C@@H]3CC[C@]12C. The smallest absolute Gasteiger partial charge is 0.133 e. The number of carbonyl (C=O) groups excluding carboxylic acids is 1. The van der Waals surface area contributed by atoms with Crippen LogP contribution in [0.4, 0.5) is 0 Å². The fraction of sp³-hybridized carbons (Fsp3) is 0.850. The summed E-state index contributed by atoms with van der Waals surface area (Å²) in [5.74, 6) is 3.94. The minimum absolute atomic E-state index is 0.467. The van der Waals surface area contributed by atoms with Crippen LogP contribution in [0.15, 0.2) is 11.6 Å². The maximum Gasteiger partial charge on any atom is 0.133 e. The van der Waals surface area contributed by atoms with Gasteiger partial charge in [-0.2, -0.15) is 0 Å². The Labute approximate surface area is 129 Å². The molecule has 0 aromatic carbocycles. The van der Waals surface area contributed by atoms with Crippen molar-refractivity contribution in [2.75, 3.05) is 0 Å². The zero-order valence-corrected chi connectivity index (χ0v) is 14.0. The summed E-state index contributed by atoms with van der Waals surface area (Å²) in [5.41, 5.74) is 2.63. The molecule has 0 aliphatic heterocycles. The number of fused-ring (bicyclic) bond motifs is 5. The second-order valence-electron chi connectivity index (χ2n) is 8.98. The number of allylic oxidation sites excluding steroid dienone is 2. The van der Waals surface area contributed by atoms with Gasteiger partial charge >= 0.3 is 0 Å². The highest BCUT2D eigenvalue weighted by atomic mass is 16.1. The summed E-state index contributed by atoms with van der Waals surface area (Å²) in [6.07, 6.45) is 12.3. The third-order valence-electron chi connectivity index (χ3n) is 8.45. The Morgan fingerprint density at radius 3 is 2.71 bits per heavy atom. The first-order valence-electron chi connectivity index (χ1n) is 9.14. The second-order valence-corrected chi connectivity index (χ2v) is 8.98. The summed E-state index contributed by atoms with van der Waals surface area (Å²) < 4.78 is 0. The van der Waals surface area contributed by atoms with E-state index in [1.807, 2.05) is 0 Å². The van der Waals surface area contributed by atoms with E-state index in [4.69, 9.17) is 0 Å². The first-order chi connectivity index (χ1) is 9.95. The van der Waals surface area contributed by atoms with E-state index >= 15 is 0 Å². The van der Waals surface area contributed by atoms with Gasteiger partial charge in [-0.25, -0.2) is 0 Å². The molecule has 1 heteroatoms. The molecular formula is C20H30O. The molecule has 0 unspecified atom stereocenters. The highest BCUT2D eigenvalue weighted by molar-refractivity contribution is 5.79. The Morgan fingerprint density at radius 1 is 1.10 bits per heavy atom. The van der Waals surface area contributed by atoms with Gasteiger partial charge in [-0.05, 0) is 80.0 Å². The molecule has 3 saturated carbocycles. The van der Waals surface area contributed by atoms with Crippen molar-refractivity contribution in [3.05, 3.63) is 11.6 Å². The molecule has 0 heterocycles. The largest absolute Gasteiger partial charge is 0.300 e. The van der Waals surface area contributed by atoms with Gasteiger partial charge in [0.15, 0.2) is 0 Å². The summed E-state index contributed by atoms with van der Waals surface area (Å²) in [7, 11) is 0. The van der Waals surface area contributed by atoms with E-state index in [2.05, 4.69) is 26.8 Å². The fourth-order valence-electron chi connectivity index (χ4n) is 6.83. The van der Waals surface area contributed by atoms with Gasteiger partial charge in [0.25, 0.3) is 0 Å². The quantitative estimate of drug-likeness (QED) is 0.562. The van der Waals surface area contributed by atoms with Crippen molar-refractivity contribution >= 4 is 5.78 Å². The molecule has 4 aliphatic rings. The van der Waals surface area contributed by atoms with Crippen molar-refractivity contribution in [3.8, 4) is 0 Å². The van der Waals surface area contributed by atoms with E-state index in [1.165, 1.54) is 38.5 Å². The molecule has 3 fully saturated rings. The minimum atomic E-state index is 0.467. The average Bonchev–Trinajstić information content (AvgIpc) is 2.76. The molecule has 0 saturated heterocycles. The monoisotopic (exact) mass is 286 g/mol. The highest BCUT2D eigenvalue weighted by Crippen LogP contribution is 2.65. The topological polar surface area (TPSA) is 17.1 Å². The molecule has 0 radical (unpaired) electrons. The first-order valence-corrected chi connectivity index (χ1v) is 9.14. The molecule has 6 atom stereocenters. The van der Waals surface area contributed by atoms with E-state index in [9.17, 15) is 4.79 Å². The van der Waals surface area contributed by atoms with Gasteiger partial charge in [-0.3, -0.25) is 4.79 Å². The Balaban J connectivity index is 1.64. The molecule has 1 nitrogen and oxygen atoms in total. The minimum Gasteiger partial charge on any atom is -0.300 e. The lowest BCUT2D eigenvalue weighted by atomic mass is 9.45. The van der Waals surface area contributed by atoms with Crippen LogP contribution in [0, 0.1) is 34.5 Å². The van der Waals surface area contributed by atoms with Gasteiger partial charge in [0.05, 0.1) is 0 Å². The molecule has 0 N–H and O–H groups in total. The number of ketones is 1. The van der Waals surface area contributed by atoms with Crippen molar-refractivity contribution < 1.29 is 4.79 Å². The standard InChI is InChI=1S/C20H30O/c1-13-4-7-17-16-6-5-14-12-15(21)8-10-20(14,3)18(16)9-11-19(13,17)2/h4,14,16-18H,5-12H2,1-3H3/t14-,16+,17+,18+,19+,20-/m0/s1. The van der Waals surface area contributed by atoms with Crippen molar-refractivity contribution in [3.63, 3.8) is 0 Å². The van der Waals surface area contributed by atoms with Gasteiger partial charge in [0.2, 0.25) is 0 Å². The summed E-state index contributed by atoms with van der Waals surface area (Å²) in [4.78, 5) is 11.9. The number of carbonyl (C=O) groups is 1. The first kappa shape index (κ1) is 14.0. The molecule has 116 valence electrons. The Morgan fingerprint density at radius 2 is 1.90 bits per heavy atom. The fourth-order valence-corrected chi connectivity index (χ4v) is 6.83. The van der Waals surface area contributed by atoms with Crippen molar-refractivity contribution in [1.29, 1.82) is 0 Å². The predicted octanol–water partition coefficient (Wildman–Crippen LogP) is 5.15. The van der Waals surface area contributed by atoms with Gasteiger partial charge < -0.3 is 0 Å². The zero-order valence-electron chi connectivity index (χ0n) is 14.0. The van der Waals surface area contributed by atoms with Gasteiger partial charge in [-0.1, -0.05) is 25.5 Å². The van der Waals surface area contributed by atoms with Gasteiger partial charge in [0.1, 0.15) is 5.78 Å². The van der Waals surface area contributed by atoms with Crippen LogP contribution < -0.4 is 0 Å². The summed E-state index contributed by atoms with van der Waals surface area (Å²) in [5, 5.41) is 0. The van der Waals surface area contributed by atoms with Crippen molar-refractivity contribution in [2.24, 2.45) is 34.5 Å². The predicted molar refractivity (Wildman–Crippen MR) is 85.9 cm³/mol. The normalized spacial score (nSPS) is 52.7.